The van der Waals surface area contributed by atoms with Crippen LogP contribution in [0.5, 0.6) is 0 Å². The summed E-state index contributed by atoms with van der Waals surface area (Å²) in [4.78, 5) is 2.41. The first-order valence-electron chi connectivity index (χ1n) is 6.14. The van der Waals surface area contributed by atoms with E-state index in [-0.39, 0.29) is 0 Å². The molecule has 1 aliphatic rings. The predicted molar refractivity (Wildman–Crippen MR) is 65.2 cm³/mol. The summed E-state index contributed by atoms with van der Waals surface area (Å²) in [5.74, 6) is 0. The third kappa shape index (κ3) is 2.62. The third-order valence-electron chi connectivity index (χ3n) is 3.49. The Morgan fingerprint density at radius 3 is 2.94 bits per heavy atom. The van der Waals surface area contributed by atoms with Crippen molar-refractivity contribution in [2.45, 2.75) is 45.4 Å². The second-order valence-electron chi connectivity index (χ2n) is 4.81. The standard InChI is InChI=1S/C12H22N4/c1-4-16-8-11(7-14-16)6-13-12-5-10(2)15(3)9-12/h7-8,10,12-13H,4-6,9H2,1-3H3. The van der Waals surface area contributed by atoms with Gasteiger partial charge in [-0.25, -0.2) is 0 Å². The second-order valence-corrected chi connectivity index (χ2v) is 4.81. The number of nitrogens with zero attached hydrogens (tertiary/aromatic N) is 3. The molecule has 4 nitrogen and oxygen atoms in total. The number of hydrogen-bond acceptors (Lipinski definition) is 3. The van der Waals surface area contributed by atoms with Crippen molar-refractivity contribution in [1.82, 2.24) is 20.0 Å². The zero-order chi connectivity index (χ0) is 11.5. The lowest BCUT2D eigenvalue weighted by molar-refractivity contribution is 0.326. The van der Waals surface area contributed by atoms with Crippen molar-refractivity contribution < 1.29 is 0 Å². The van der Waals surface area contributed by atoms with Gasteiger partial charge in [-0.2, -0.15) is 5.10 Å². The van der Waals surface area contributed by atoms with E-state index >= 15 is 0 Å². The molecule has 1 aliphatic heterocycles. The fourth-order valence-corrected chi connectivity index (χ4v) is 2.27. The van der Waals surface area contributed by atoms with Crippen LogP contribution in [-0.2, 0) is 13.1 Å². The molecular weight excluding hydrogens is 200 g/mol. The van der Waals surface area contributed by atoms with Gasteiger partial charge in [0.05, 0.1) is 6.20 Å². The topological polar surface area (TPSA) is 33.1 Å². The van der Waals surface area contributed by atoms with Crippen LogP contribution in [0, 0.1) is 0 Å². The van der Waals surface area contributed by atoms with Crippen LogP contribution >= 0.6 is 0 Å². The number of hydrogen-bond donors (Lipinski definition) is 1. The van der Waals surface area contributed by atoms with E-state index in [0.717, 1.165) is 19.6 Å². The smallest absolute Gasteiger partial charge is 0.0534 e. The molecule has 0 amide bonds. The molecule has 2 rings (SSSR count). The number of aryl methyl sites for hydroxylation is 1. The Balaban J connectivity index is 1.79. The maximum Gasteiger partial charge on any atom is 0.0534 e. The molecule has 1 aromatic rings. The zero-order valence-corrected chi connectivity index (χ0v) is 10.5. The van der Waals surface area contributed by atoms with Gasteiger partial charge in [-0.1, -0.05) is 0 Å². The Hall–Kier alpha value is -0.870. The Kier molecular flexibility index (Phi) is 3.61. The highest BCUT2D eigenvalue weighted by Crippen LogP contribution is 2.15. The van der Waals surface area contributed by atoms with Crippen molar-refractivity contribution >= 4 is 0 Å². The largest absolute Gasteiger partial charge is 0.308 e. The highest BCUT2D eigenvalue weighted by Gasteiger charge is 2.25. The quantitative estimate of drug-likeness (QED) is 0.827. The molecule has 0 aliphatic carbocycles. The normalized spacial score (nSPS) is 26.4. The van der Waals surface area contributed by atoms with Crippen LogP contribution in [0.15, 0.2) is 12.4 Å². The summed E-state index contributed by atoms with van der Waals surface area (Å²) in [7, 11) is 2.20. The molecule has 0 radical (unpaired) electrons. The molecular formula is C12H22N4. The third-order valence-corrected chi connectivity index (χ3v) is 3.49. The van der Waals surface area contributed by atoms with Crippen LogP contribution in [0.3, 0.4) is 0 Å². The van der Waals surface area contributed by atoms with E-state index in [1.54, 1.807) is 0 Å². The van der Waals surface area contributed by atoms with Crippen LogP contribution in [0.4, 0.5) is 0 Å². The van der Waals surface area contributed by atoms with Crippen LogP contribution in [0.2, 0.25) is 0 Å². The van der Waals surface area contributed by atoms with Gasteiger partial charge in [0.25, 0.3) is 0 Å². The molecule has 16 heavy (non-hydrogen) atoms. The molecule has 1 aromatic heterocycles. The number of likely N-dealkylation sites (N-methyl/N-ethyl adjacent to an activating group) is 1. The lowest BCUT2D eigenvalue weighted by Gasteiger charge is -2.12. The molecule has 4 heteroatoms. The summed E-state index contributed by atoms with van der Waals surface area (Å²) in [6, 6.07) is 1.33. The number of rotatable bonds is 4. The van der Waals surface area contributed by atoms with Gasteiger partial charge in [0.2, 0.25) is 0 Å². The average Bonchev–Trinajstić information content (AvgIpc) is 2.84. The summed E-state index contributed by atoms with van der Waals surface area (Å²) in [5, 5.41) is 7.88. The fraction of sp³-hybridized carbons (Fsp3) is 0.750. The first kappa shape index (κ1) is 11.6. The summed E-state index contributed by atoms with van der Waals surface area (Å²) >= 11 is 0. The Morgan fingerprint density at radius 1 is 1.56 bits per heavy atom. The highest BCUT2D eigenvalue weighted by molar-refractivity contribution is 5.04. The zero-order valence-electron chi connectivity index (χ0n) is 10.5. The first-order chi connectivity index (χ1) is 7.69. The van der Waals surface area contributed by atoms with Crippen LogP contribution in [0.25, 0.3) is 0 Å². The predicted octanol–water partition coefficient (Wildman–Crippen LogP) is 1.09. The highest BCUT2D eigenvalue weighted by atomic mass is 15.3. The van der Waals surface area contributed by atoms with Gasteiger partial charge < -0.3 is 10.2 Å². The van der Waals surface area contributed by atoms with Gasteiger partial charge in [-0.05, 0) is 27.3 Å². The summed E-state index contributed by atoms with van der Waals surface area (Å²) in [5.41, 5.74) is 1.28. The van der Waals surface area contributed by atoms with Crippen LogP contribution < -0.4 is 5.32 Å². The van der Waals surface area contributed by atoms with Gasteiger partial charge in [0.1, 0.15) is 0 Å². The van der Waals surface area contributed by atoms with Crippen molar-refractivity contribution in [3.63, 3.8) is 0 Å². The van der Waals surface area contributed by atoms with Crippen molar-refractivity contribution in [3.8, 4) is 0 Å². The molecule has 0 spiro atoms. The number of nitrogens with one attached hydrogen (secondary N) is 1. The molecule has 2 atom stereocenters. The number of likely N-dealkylation sites (tertiary alicyclic amines) is 1. The average molecular weight is 222 g/mol. The Morgan fingerprint density at radius 2 is 2.38 bits per heavy atom. The summed E-state index contributed by atoms with van der Waals surface area (Å²) in [6.45, 7) is 7.44. The monoisotopic (exact) mass is 222 g/mol. The maximum atomic E-state index is 4.28. The first-order valence-corrected chi connectivity index (χ1v) is 6.14. The van der Waals surface area contributed by atoms with E-state index in [1.807, 2.05) is 10.9 Å². The lowest BCUT2D eigenvalue weighted by atomic mass is 10.2. The minimum atomic E-state index is 0.630. The van der Waals surface area contributed by atoms with E-state index < -0.39 is 0 Å². The van der Waals surface area contributed by atoms with E-state index in [9.17, 15) is 0 Å². The minimum absolute atomic E-state index is 0.630. The van der Waals surface area contributed by atoms with E-state index in [0.29, 0.717) is 12.1 Å². The molecule has 0 saturated carbocycles. The molecule has 0 bridgehead atoms. The second kappa shape index (κ2) is 4.97. The lowest BCUT2D eigenvalue weighted by Crippen LogP contribution is -2.30. The van der Waals surface area contributed by atoms with Crippen molar-refractivity contribution in [2.24, 2.45) is 0 Å². The maximum absolute atomic E-state index is 4.28. The van der Waals surface area contributed by atoms with Gasteiger partial charge in [-0.3, -0.25) is 4.68 Å². The fourth-order valence-electron chi connectivity index (χ4n) is 2.27. The Labute approximate surface area is 97.6 Å². The summed E-state index contributed by atoms with van der Waals surface area (Å²) < 4.78 is 1.97. The van der Waals surface area contributed by atoms with Crippen LogP contribution in [0.1, 0.15) is 25.8 Å². The van der Waals surface area contributed by atoms with E-state index in [1.165, 1.54) is 12.0 Å². The SMILES string of the molecule is CCn1cc(CNC2CC(C)N(C)C2)cn1. The van der Waals surface area contributed by atoms with Crippen molar-refractivity contribution in [2.75, 3.05) is 13.6 Å². The Bertz CT molecular complexity index is 324. The van der Waals surface area contributed by atoms with Gasteiger partial charge in [-0.15, -0.1) is 0 Å². The summed E-state index contributed by atoms with van der Waals surface area (Å²) in [6.07, 6.45) is 5.33. The molecule has 1 N–H and O–H groups in total. The number of aromatic nitrogens is 2. The van der Waals surface area contributed by atoms with Crippen molar-refractivity contribution in [1.29, 1.82) is 0 Å². The molecule has 1 saturated heterocycles. The molecule has 1 fully saturated rings. The molecule has 90 valence electrons. The van der Waals surface area contributed by atoms with Crippen LogP contribution in [-0.4, -0.2) is 40.4 Å². The van der Waals surface area contributed by atoms with E-state index in [2.05, 4.69) is 42.4 Å². The minimum Gasteiger partial charge on any atom is -0.308 e. The van der Waals surface area contributed by atoms with E-state index in [4.69, 9.17) is 0 Å². The van der Waals surface area contributed by atoms with Crippen molar-refractivity contribution in [3.05, 3.63) is 18.0 Å². The van der Waals surface area contributed by atoms with Gasteiger partial charge in [0.15, 0.2) is 0 Å². The van der Waals surface area contributed by atoms with Gasteiger partial charge >= 0.3 is 0 Å². The molecule has 2 heterocycles. The van der Waals surface area contributed by atoms with Gasteiger partial charge in [0, 0.05) is 43.5 Å². The molecule has 2 unspecified atom stereocenters. The molecule has 0 aromatic carbocycles.